The summed E-state index contributed by atoms with van der Waals surface area (Å²) < 4.78 is 16.6. The van der Waals surface area contributed by atoms with E-state index in [1.807, 2.05) is 42.6 Å². The van der Waals surface area contributed by atoms with Gasteiger partial charge >= 0.3 is 17.9 Å². The van der Waals surface area contributed by atoms with Crippen LogP contribution in [0, 0.1) is 0 Å². The van der Waals surface area contributed by atoms with Gasteiger partial charge in [-0.25, -0.2) is 0 Å². The molecular weight excluding hydrogens is 498 g/mol. The van der Waals surface area contributed by atoms with Crippen LogP contribution in [-0.2, 0) is 14.4 Å². The van der Waals surface area contributed by atoms with E-state index in [0.29, 0.717) is 39.4 Å². The van der Waals surface area contributed by atoms with Gasteiger partial charge in [0, 0.05) is 66.6 Å². The second kappa shape index (κ2) is 9.21. The number of rotatable bonds is 5. The summed E-state index contributed by atoms with van der Waals surface area (Å²) in [5.74, 6) is -0.0805. The molecule has 0 bridgehead atoms. The highest BCUT2D eigenvalue weighted by molar-refractivity contribution is 6.12. The normalized spacial score (nSPS) is 11.3. The van der Waals surface area contributed by atoms with E-state index in [1.54, 1.807) is 24.5 Å². The number of para-hydroxylation sites is 1. The molecule has 0 saturated carbocycles. The highest BCUT2D eigenvalue weighted by Crippen LogP contribution is 2.46. The predicted octanol–water partition coefficient (Wildman–Crippen LogP) is 6.24. The summed E-state index contributed by atoms with van der Waals surface area (Å²) in [5, 5.41) is 2.49. The van der Waals surface area contributed by atoms with Crippen LogP contribution >= 0.6 is 0 Å². The van der Waals surface area contributed by atoms with Gasteiger partial charge in [-0.05, 0) is 47.5 Å². The maximum atomic E-state index is 12.2. The maximum absolute atomic E-state index is 12.2. The smallest absolute Gasteiger partial charge is 0.308 e. The summed E-state index contributed by atoms with van der Waals surface area (Å²) in [4.78, 5) is 45.2. The van der Waals surface area contributed by atoms with Crippen LogP contribution in [0.4, 0.5) is 0 Å². The summed E-state index contributed by atoms with van der Waals surface area (Å²) in [6.45, 7) is 4.07. The van der Waals surface area contributed by atoms with E-state index in [4.69, 9.17) is 14.2 Å². The Kier molecular flexibility index (Phi) is 5.68. The first kappa shape index (κ1) is 24.1. The summed E-state index contributed by atoms with van der Waals surface area (Å²) in [5.41, 5.74) is 5.17. The van der Waals surface area contributed by atoms with E-state index in [9.17, 15) is 14.4 Å². The van der Waals surface area contributed by atoms with Crippen LogP contribution in [0.1, 0.15) is 20.8 Å². The van der Waals surface area contributed by atoms with Crippen molar-refractivity contribution in [3.8, 4) is 39.5 Å². The summed E-state index contributed by atoms with van der Waals surface area (Å²) in [6, 6.07) is 14.8. The first-order valence-electron chi connectivity index (χ1n) is 12.2. The summed E-state index contributed by atoms with van der Waals surface area (Å²) >= 11 is 0. The third kappa shape index (κ3) is 4.10. The van der Waals surface area contributed by atoms with Crippen molar-refractivity contribution in [3.63, 3.8) is 0 Å². The average Bonchev–Trinajstić information content (AvgIpc) is 3.64. The van der Waals surface area contributed by atoms with Crippen LogP contribution in [0.2, 0.25) is 0 Å². The fourth-order valence-corrected chi connectivity index (χ4v) is 5.07. The zero-order valence-corrected chi connectivity index (χ0v) is 21.3. The van der Waals surface area contributed by atoms with Crippen molar-refractivity contribution in [1.29, 1.82) is 0 Å². The van der Waals surface area contributed by atoms with Gasteiger partial charge in [0.05, 0.1) is 16.6 Å². The lowest BCUT2D eigenvalue weighted by Gasteiger charge is -2.16. The fourth-order valence-electron chi connectivity index (χ4n) is 5.07. The molecule has 0 radical (unpaired) electrons. The van der Waals surface area contributed by atoms with Gasteiger partial charge < -0.3 is 29.2 Å². The predicted molar refractivity (Wildman–Crippen MR) is 147 cm³/mol. The third-order valence-electron chi connectivity index (χ3n) is 6.49. The lowest BCUT2D eigenvalue weighted by Crippen LogP contribution is -2.04. The molecule has 0 fully saturated rings. The molecule has 0 spiro atoms. The SMILES string of the molecule is CC(=O)Oc1ccc(-c2cc(-c3c[nH]c4c(OC(C)=O)cccc34)c3cc[nH]c3c2OC(C)=O)c2cc[nH]c12. The number of carbonyl (C=O) groups excluding carboxylic acids is 3. The third-order valence-corrected chi connectivity index (χ3v) is 6.49. The Bertz CT molecular complexity index is 1940. The molecule has 9 heteroatoms. The van der Waals surface area contributed by atoms with Gasteiger partial charge in [-0.1, -0.05) is 12.1 Å². The minimum absolute atomic E-state index is 0.384. The Labute approximate surface area is 221 Å². The highest BCUT2D eigenvalue weighted by Gasteiger charge is 2.23. The zero-order valence-electron chi connectivity index (χ0n) is 21.3. The zero-order chi connectivity index (χ0) is 27.3. The maximum Gasteiger partial charge on any atom is 0.308 e. The molecule has 6 aromatic rings. The molecule has 0 saturated heterocycles. The molecule has 0 amide bonds. The highest BCUT2D eigenvalue weighted by atomic mass is 16.5. The number of benzene rings is 3. The van der Waals surface area contributed by atoms with E-state index in [1.165, 1.54) is 20.8 Å². The first-order valence-corrected chi connectivity index (χ1v) is 12.2. The van der Waals surface area contributed by atoms with Gasteiger partial charge in [0.2, 0.25) is 0 Å². The molecule has 0 aliphatic carbocycles. The Morgan fingerprint density at radius 3 is 1.85 bits per heavy atom. The van der Waals surface area contributed by atoms with Gasteiger partial charge in [0.25, 0.3) is 0 Å². The Balaban J connectivity index is 1.64. The standard InChI is InChI=1S/C30H23N3O6/c1-15(34)37-25-6-4-5-19-24(14-33-28(19)25)22-13-23(30(39-17(3)36)29-21(22)10-12-32-29)18-7-8-26(38-16(2)35)27-20(18)9-11-31-27/h4-14,31-33H,1-3H3. The van der Waals surface area contributed by atoms with E-state index in [2.05, 4.69) is 15.0 Å². The van der Waals surface area contributed by atoms with Crippen LogP contribution in [-0.4, -0.2) is 32.9 Å². The molecule has 0 aliphatic rings. The number of fused-ring (bicyclic) bond motifs is 3. The van der Waals surface area contributed by atoms with Crippen molar-refractivity contribution < 1.29 is 28.6 Å². The van der Waals surface area contributed by atoms with Crippen LogP contribution < -0.4 is 14.2 Å². The lowest BCUT2D eigenvalue weighted by molar-refractivity contribution is -0.132. The first-order chi connectivity index (χ1) is 18.8. The van der Waals surface area contributed by atoms with E-state index in [0.717, 1.165) is 32.8 Å². The number of ether oxygens (including phenoxy) is 3. The fraction of sp³-hybridized carbons (Fsp3) is 0.100. The van der Waals surface area contributed by atoms with Gasteiger partial charge in [0.15, 0.2) is 17.2 Å². The lowest BCUT2D eigenvalue weighted by atomic mass is 9.93. The Hall–Kier alpha value is -5.31. The molecule has 0 atom stereocenters. The van der Waals surface area contributed by atoms with E-state index < -0.39 is 17.9 Å². The van der Waals surface area contributed by atoms with Crippen molar-refractivity contribution in [2.75, 3.05) is 0 Å². The van der Waals surface area contributed by atoms with Crippen LogP contribution in [0.25, 0.3) is 55.0 Å². The topological polar surface area (TPSA) is 126 Å². The number of aromatic amines is 3. The second-order valence-electron chi connectivity index (χ2n) is 9.11. The van der Waals surface area contributed by atoms with Crippen molar-refractivity contribution in [2.24, 2.45) is 0 Å². The van der Waals surface area contributed by atoms with Gasteiger partial charge in [-0.2, -0.15) is 0 Å². The molecule has 3 N–H and O–H groups in total. The van der Waals surface area contributed by atoms with E-state index in [-0.39, 0.29) is 0 Å². The minimum Gasteiger partial charge on any atom is -0.424 e. The van der Waals surface area contributed by atoms with Crippen LogP contribution in [0.3, 0.4) is 0 Å². The van der Waals surface area contributed by atoms with Gasteiger partial charge in [-0.15, -0.1) is 0 Å². The number of hydrogen-bond acceptors (Lipinski definition) is 6. The number of hydrogen-bond donors (Lipinski definition) is 3. The largest absolute Gasteiger partial charge is 0.424 e. The van der Waals surface area contributed by atoms with Crippen molar-refractivity contribution in [1.82, 2.24) is 15.0 Å². The molecule has 39 heavy (non-hydrogen) atoms. The van der Waals surface area contributed by atoms with Crippen molar-refractivity contribution >= 4 is 50.6 Å². The second-order valence-corrected chi connectivity index (χ2v) is 9.11. The molecule has 9 nitrogen and oxygen atoms in total. The van der Waals surface area contributed by atoms with Crippen molar-refractivity contribution in [3.05, 3.63) is 67.1 Å². The number of nitrogens with one attached hydrogen (secondary N) is 3. The molecule has 3 aromatic carbocycles. The molecule has 3 heterocycles. The van der Waals surface area contributed by atoms with E-state index >= 15 is 0 Å². The number of H-pyrrole nitrogens is 3. The summed E-state index contributed by atoms with van der Waals surface area (Å²) in [6.07, 6.45) is 5.42. The van der Waals surface area contributed by atoms with Crippen LogP contribution in [0.15, 0.2) is 67.1 Å². The molecule has 6 rings (SSSR count). The molecule has 0 unspecified atom stereocenters. The van der Waals surface area contributed by atoms with Crippen molar-refractivity contribution in [2.45, 2.75) is 20.8 Å². The molecule has 0 aliphatic heterocycles. The summed E-state index contributed by atoms with van der Waals surface area (Å²) in [7, 11) is 0. The Morgan fingerprint density at radius 1 is 0.564 bits per heavy atom. The van der Waals surface area contributed by atoms with Gasteiger partial charge in [-0.3, -0.25) is 14.4 Å². The molecule has 3 aromatic heterocycles. The number of aromatic nitrogens is 3. The van der Waals surface area contributed by atoms with Crippen LogP contribution in [0.5, 0.6) is 17.2 Å². The minimum atomic E-state index is -0.458. The Morgan fingerprint density at radius 2 is 1.15 bits per heavy atom. The van der Waals surface area contributed by atoms with Gasteiger partial charge in [0.1, 0.15) is 0 Å². The quantitative estimate of drug-likeness (QED) is 0.182. The molecular formula is C30H23N3O6. The number of carbonyl (C=O) groups is 3. The monoisotopic (exact) mass is 521 g/mol. The number of esters is 3. The molecule has 194 valence electrons. The average molecular weight is 522 g/mol.